The fourth-order valence-corrected chi connectivity index (χ4v) is 6.01. The Morgan fingerprint density at radius 1 is 0.900 bits per heavy atom. The SMILES string of the molecule is O=C(NCc1nnc(SCC(=O)N2CCc3ccccc32)n1-c1ccc(Cl)c(Cl)c1)c1cccc2ccccc12. The summed E-state index contributed by atoms with van der Waals surface area (Å²) in [7, 11) is 0. The number of halogens is 2. The van der Waals surface area contributed by atoms with E-state index in [0.29, 0.717) is 38.8 Å². The molecule has 1 aromatic heterocycles. The quantitative estimate of drug-likeness (QED) is 0.225. The molecular weight excluding hydrogens is 565 g/mol. The molecule has 40 heavy (non-hydrogen) atoms. The van der Waals surface area contributed by atoms with Gasteiger partial charge in [-0.15, -0.1) is 10.2 Å². The minimum absolute atomic E-state index is 0.00977. The normalized spacial score (nSPS) is 12.5. The van der Waals surface area contributed by atoms with Gasteiger partial charge in [-0.2, -0.15) is 0 Å². The maximum absolute atomic E-state index is 13.2. The summed E-state index contributed by atoms with van der Waals surface area (Å²) in [6.07, 6.45) is 0.840. The van der Waals surface area contributed by atoms with Crippen molar-refractivity contribution in [2.24, 2.45) is 0 Å². The predicted molar refractivity (Wildman–Crippen MR) is 160 cm³/mol. The lowest BCUT2D eigenvalue weighted by Crippen LogP contribution is -2.30. The van der Waals surface area contributed by atoms with Crippen LogP contribution in [0.1, 0.15) is 21.7 Å². The number of nitrogens with zero attached hydrogens (tertiary/aromatic N) is 4. The van der Waals surface area contributed by atoms with Crippen LogP contribution in [0.4, 0.5) is 5.69 Å². The Morgan fingerprint density at radius 3 is 2.58 bits per heavy atom. The Morgan fingerprint density at radius 2 is 1.70 bits per heavy atom. The molecule has 1 N–H and O–H groups in total. The fourth-order valence-electron chi connectivity index (χ4n) is 4.87. The molecule has 0 aliphatic carbocycles. The Bertz CT molecular complexity index is 1750. The molecule has 0 radical (unpaired) electrons. The molecule has 2 heterocycles. The molecule has 1 aliphatic heterocycles. The second-order valence-electron chi connectivity index (χ2n) is 9.25. The number of thioether (sulfide) groups is 1. The number of fused-ring (bicyclic) bond motifs is 2. The number of para-hydroxylation sites is 1. The van der Waals surface area contributed by atoms with Crippen LogP contribution in [0.3, 0.4) is 0 Å². The molecule has 2 amide bonds. The Balaban J connectivity index is 1.25. The van der Waals surface area contributed by atoms with E-state index >= 15 is 0 Å². The zero-order chi connectivity index (χ0) is 27.6. The van der Waals surface area contributed by atoms with E-state index in [1.54, 1.807) is 28.8 Å². The second-order valence-corrected chi connectivity index (χ2v) is 11.0. The molecule has 1 aliphatic rings. The van der Waals surface area contributed by atoms with E-state index in [0.717, 1.165) is 22.9 Å². The number of aromatic nitrogens is 3. The molecule has 0 saturated carbocycles. The Labute approximate surface area is 245 Å². The van der Waals surface area contributed by atoms with Gasteiger partial charge in [0.25, 0.3) is 5.91 Å². The van der Waals surface area contributed by atoms with E-state index < -0.39 is 0 Å². The zero-order valence-electron chi connectivity index (χ0n) is 21.2. The van der Waals surface area contributed by atoms with Crippen molar-refractivity contribution >= 4 is 63.2 Å². The summed E-state index contributed by atoms with van der Waals surface area (Å²) in [6, 6.07) is 26.5. The van der Waals surface area contributed by atoms with Crippen molar-refractivity contribution in [2.75, 3.05) is 17.2 Å². The third kappa shape index (κ3) is 5.18. The molecule has 0 atom stereocenters. The maximum Gasteiger partial charge on any atom is 0.252 e. The van der Waals surface area contributed by atoms with Crippen LogP contribution in [0, 0.1) is 0 Å². The first-order valence-corrected chi connectivity index (χ1v) is 14.4. The van der Waals surface area contributed by atoms with Crippen LogP contribution in [-0.4, -0.2) is 38.9 Å². The van der Waals surface area contributed by atoms with Crippen LogP contribution in [-0.2, 0) is 17.8 Å². The van der Waals surface area contributed by atoms with Crippen molar-refractivity contribution in [3.8, 4) is 5.69 Å². The summed E-state index contributed by atoms with van der Waals surface area (Å²) < 4.78 is 1.79. The van der Waals surface area contributed by atoms with Gasteiger partial charge in [-0.3, -0.25) is 14.2 Å². The number of rotatable bonds is 7. The van der Waals surface area contributed by atoms with E-state index in [9.17, 15) is 9.59 Å². The molecule has 200 valence electrons. The van der Waals surface area contributed by atoms with Gasteiger partial charge in [0.2, 0.25) is 5.91 Å². The lowest BCUT2D eigenvalue weighted by Gasteiger charge is -2.17. The summed E-state index contributed by atoms with van der Waals surface area (Å²) >= 11 is 13.8. The van der Waals surface area contributed by atoms with Crippen molar-refractivity contribution in [3.05, 3.63) is 112 Å². The van der Waals surface area contributed by atoms with Gasteiger partial charge in [-0.25, -0.2) is 0 Å². The minimum Gasteiger partial charge on any atom is -0.345 e. The number of amides is 2. The van der Waals surface area contributed by atoms with Crippen LogP contribution in [0.2, 0.25) is 10.0 Å². The van der Waals surface area contributed by atoms with Crippen molar-refractivity contribution < 1.29 is 9.59 Å². The van der Waals surface area contributed by atoms with E-state index in [4.69, 9.17) is 23.2 Å². The predicted octanol–water partition coefficient (Wildman–Crippen LogP) is 6.34. The lowest BCUT2D eigenvalue weighted by atomic mass is 10.0. The van der Waals surface area contributed by atoms with Gasteiger partial charge in [0.05, 0.1) is 28.0 Å². The summed E-state index contributed by atoms with van der Waals surface area (Å²) in [5.74, 6) is 0.436. The monoisotopic (exact) mass is 587 g/mol. The van der Waals surface area contributed by atoms with Gasteiger partial charge in [0.15, 0.2) is 11.0 Å². The molecule has 0 bridgehead atoms. The molecule has 0 fully saturated rings. The topological polar surface area (TPSA) is 80.1 Å². The number of carbonyl (C=O) groups is 2. The minimum atomic E-state index is -0.224. The molecule has 10 heteroatoms. The molecule has 5 aromatic rings. The molecule has 0 unspecified atom stereocenters. The van der Waals surface area contributed by atoms with Crippen molar-refractivity contribution in [2.45, 2.75) is 18.1 Å². The number of hydrogen-bond donors (Lipinski definition) is 1. The summed E-state index contributed by atoms with van der Waals surface area (Å²) in [4.78, 5) is 28.2. The van der Waals surface area contributed by atoms with E-state index in [-0.39, 0.29) is 24.1 Å². The summed E-state index contributed by atoms with van der Waals surface area (Å²) in [5.41, 5.74) is 3.38. The maximum atomic E-state index is 13.2. The Kier molecular flexibility index (Phi) is 7.47. The molecule has 0 spiro atoms. The highest BCUT2D eigenvalue weighted by molar-refractivity contribution is 7.99. The van der Waals surface area contributed by atoms with Crippen molar-refractivity contribution in [1.29, 1.82) is 0 Å². The first kappa shape index (κ1) is 26.4. The van der Waals surface area contributed by atoms with Gasteiger partial charge < -0.3 is 10.2 Å². The largest absolute Gasteiger partial charge is 0.345 e. The highest BCUT2D eigenvalue weighted by atomic mass is 35.5. The molecule has 0 saturated heterocycles. The molecule has 6 rings (SSSR count). The summed E-state index contributed by atoms with van der Waals surface area (Å²) in [5, 5.41) is 14.9. The van der Waals surface area contributed by atoms with Crippen LogP contribution in [0.15, 0.2) is 90.1 Å². The number of carbonyl (C=O) groups excluding carboxylic acids is 2. The smallest absolute Gasteiger partial charge is 0.252 e. The second kappa shape index (κ2) is 11.3. The Hall–Kier alpha value is -3.85. The first-order chi connectivity index (χ1) is 19.5. The van der Waals surface area contributed by atoms with Gasteiger partial charge >= 0.3 is 0 Å². The summed E-state index contributed by atoms with van der Waals surface area (Å²) in [6.45, 7) is 0.771. The van der Waals surface area contributed by atoms with E-state index in [2.05, 4.69) is 21.6 Å². The lowest BCUT2D eigenvalue weighted by molar-refractivity contribution is -0.116. The van der Waals surface area contributed by atoms with Crippen molar-refractivity contribution in [1.82, 2.24) is 20.1 Å². The van der Waals surface area contributed by atoms with E-state index in [1.165, 1.54) is 17.3 Å². The average Bonchev–Trinajstić information content (AvgIpc) is 3.60. The molecule has 4 aromatic carbocycles. The highest BCUT2D eigenvalue weighted by Crippen LogP contribution is 2.31. The van der Waals surface area contributed by atoms with Crippen LogP contribution >= 0.6 is 35.0 Å². The number of nitrogens with one attached hydrogen (secondary N) is 1. The average molecular weight is 589 g/mol. The molecular formula is C30H23Cl2N5O2S. The zero-order valence-corrected chi connectivity index (χ0v) is 23.5. The third-order valence-corrected chi connectivity index (χ3v) is 8.47. The van der Waals surface area contributed by atoms with Crippen LogP contribution < -0.4 is 10.2 Å². The highest BCUT2D eigenvalue weighted by Gasteiger charge is 2.25. The number of benzene rings is 4. The van der Waals surface area contributed by atoms with Crippen LogP contribution in [0.5, 0.6) is 0 Å². The van der Waals surface area contributed by atoms with Gasteiger partial charge in [0, 0.05) is 17.8 Å². The molecule has 7 nitrogen and oxygen atoms in total. The third-order valence-electron chi connectivity index (χ3n) is 6.82. The number of hydrogen-bond acceptors (Lipinski definition) is 5. The van der Waals surface area contributed by atoms with Gasteiger partial charge in [-0.1, -0.05) is 89.6 Å². The van der Waals surface area contributed by atoms with Crippen LogP contribution in [0.25, 0.3) is 16.5 Å². The van der Waals surface area contributed by atoms with Gasteiger partial charge in [0.1, 0.15) is 0 Å². The number of anilines is 1. The van der Waals surface area contributed by atoms with Crippen molar-refractivity contribution in [3.63, 3.8) is 0 Å². The van der Waals surface area contributed by atoms with E-state index in [1.807, 2.05) is 59.5 Å². The fraction of sp³-hybridized carbons (Fsp3) is 0.133. The first-order valence-electron chi connectivity index (χ1n) is 12.7. The van der Waals surface area contributed by atoms with Gasteiger partial charge in [-0.05, 0) is 53.1 Å². The standard InChI is InChI=1S/C30H23Cl2N5O2S/c31-24-13-12-21(16-25(24)32)37-27(17-33-29(39)23-10-5-8-19-6-1-3-9-22(19)23)34-35-30(37)40-18-28(38)36-15-14-20-7-2-4-11-26(20)36/h1-13,16H,14-15,17-18H2,(H,33,39).